The molecule has 0 aliphatic carbocycles. The van der Waals surface area contributed by atoms with Gasteiger partial charge in [-0.05, 0) is 19.1 Å². The van der Waals surface area contributed by atoms with Crippen molar-refractivity contribution in [2.24, 2.45) is 0 Å². The third kappa shape index (κ3) is 3.26. The van der Waals surface area contributed by atoms with Gasteiger partial charge in [-0.2, -0.15) is 0 Å². The molecule has 0 radical (unpaired) electrons. The molecule has 0 atom stereocenters. The number of hydrogen-bond acceptors (Lipinski definition) is 3. The van der Waals surface area contributed by atoms with Crippen LogP contribution in [0, 0.1) is 0 Å². The van der Waals surface area contributed by atoms with E-state index in [0.717, 1.165) is 18.1 Å². The van der Waals surface area contributed by atoms with E-state index in [1.165, 1.54) is 0 Å². The molecule has 0 aliphatic heterocycles. The molecule has 3 heteroatoms. The van der Waals surface area contributed by atoms with Crippen molar-refractivity contribution in [1.82, 2.24) is 0 Å². The Morgan fingerprint density at radius 3 is 2.43 bits per heavy atom. The van der Waals surface area contributed by atoms with Crippen LogP contribution in [-0.4, -0.2) is 26.9 Å². The number of benzene rings is 1. The number of ether oxygens (including phenoxy) is 3. The smallest absolute Gasteiger partial charge is 0.161 e. The summed E-state index contributed by atoms with van der Waals surface area (Å²) in [5.41, 5.74) is 0. The molecule has 1 aromatic carbocycles. The Morgan fingerprint density at radius 2 is 1.79 bits per heavy atom. The minimum absolute atomic E-state index is 0.550. The fourth-order valence-electron chi connectivity index (χ4n) is 1.09. The standard InChI is InChI=1S/C11H16O3/c1-3-13-8-9-14-11-7-5-4-6-10(11)12-2/h4-7H,3,8-9H2,1-2H3. The molecule has 0 saturated heterocycles. The molecule has 0 saturated carbocycles. The van der Waals surface area contributed by atoms with Crippen LogP contribution in [-0.2, 0) is 4.74 Å². The van der Waals surface area contributed by atoms with Gasteiger partial charge in [0.25, 0.3) is 0 Å². The average Bonchev–Trinajstić information content (AvgIpc) is 2.25. The van der Waals surface area contributed by atoms with Crippen LogP contribution in [0.5, 0.6) is 11.5 Å². The SMILES string of the molecule is CCOCCOc1ccccc1OC. The monoisotopic (exact) mass is 196 g/mol. The molecule has 1 aromatic rings. The molecule has 0 spiro atoms. The van der Waals surface area contributed by atoms with Crippen molar-refractivity contribution in [2.75, 3.05) is 26.9 Å². The summed E-state index contributed by atoms with van der Waals surface area (Å²) >= 11 is 0. The van der Waals surface area contributed by atoms with Gasteiger partial charge in [-0.3, -0.25) is 0 Å². The van der Waals surface area contributed by atoms with Gasteiger partial charge in [-0.1, -0.05) is 12.1 Å². The fraction of sp³-hybridized carbons (Fsp3) is 0.455. The lowest BCUT2D eigenvalue weighted by Gasteiger charge is -2.09. The van der Waals surface area contributed by atoms with Gasteiger partial charge < -0.3 is 14.2 Å². The normalized spacial score (nSPS) is 9.86. The summed E-state index contributed by atoms with van der Waals surface area (Å²) in [6.45, 7) is 3.83. The summed E-state index contributed by atoms with van der Waals surface area (Å²) in [4.78, 5) is 0. The second-order valence-corrected chi connectivity index (χ2v) is 2.70. The molecule has 0 aliphatic rings. The third-order valence-corrected chi connectivity index (χ3v) is 1.76. The molecular formula is C11H16O3. The highest BCUT2D eigenvalue weighted by Gasteiger charge is 2.00. The highest BCUT2D eigenvalue weighted by Crippen LogP contribution is 2.25. The van der Waals surface area contributed by atoms with E-state index in [2.05, 4.69) is 0 Å². The highest BCUT2D eigenvalue weighted by molar-refractivity contribution is 5.39. The van der Waals surface area contributed by atoms with E-state index >= 15 is 0 Å². The van der Waals surface area contributed by atoms with Crippen LogP contribution in [0.1, 0.15) is 6.92 Å². The molecule has 0 heterocycles. The summed E-state index contributed by atoms with van der Waals surface area (Å²) in [5, 5.41) is 0. The molecular weight excluding hydrogens is 180 g/mol. The van der Waals surface area contributed by atoms with Crippen molar-refractivity contribution in [2.45, 2.75) is 6.92 Å². The number of rotatable bonds is 6. The van der Waals surface area contributed by atoms with Crippen LogP contribution in [0.15, 0.2) is 24.3 Å². The lowest BCUT2D eigenvalue weighted by molar-refractivity contribution is 0.109. The van der Waals surface area contributed by atoms with E-state index in [9.17, 15) is 0 Å². The van der Waals surface area contributed by atoms with Gasteiger partial charge in [0.2, 0.25) is 0 Å². The first-order chi connectivity index (χ1) is 6.88. The molecule has 1 rings (SSSR count). The van der Waals surface area contributed by atoms with Gasteiger partial charge in [-0.15, -0.1) is 0 Å². The van der Waals surface area contributed by atoms with Crippen LogP contribution in [0.25, 0.3) is 0 Å². The molecule has 0 bridgehead atoms. The van der Waals surface area contributed by atoms with E-state index in [1.54, 1.807) is 7.11 Å². The summed E-state index contributed by atoms with van der Waals surface area (Å²) in [6.07, 6.45) is 0. The Bertz CT molecular complexity index is 260. The van der Waals surface area contributed by atoms with Crippen LogP contribution in [0.4, 0.5) is 0 Å². The van der Waals surface area contributed by atoms with Crippen LogP contribution in [0.3, 0.4) is 0 Å². The van der Waals surface area contributed by atoms with Gasteiger partial charge in [0.05, 0.1) is 13.7 Å². The Labute approximate surface area is 84.6 Å². The molecule has 0 N–H and O–H groups in total. The van der Waals surface area contributed by atoms with Crippen LogP contribution >= 0.6 is 0 Å². The Balaban J connectivity index is 2.41. The molecule has 78 valence electrons. The van der Waals surface area contributed by atoms with E-state index in [-0.39, 0.29) is 0 Å². The zero-order chi connectivity index (χ0) is 10.2. The number of methoxy groups -OCH3 is 1. The lowest BCUT2D eigenvalue weighted by atomic mass is 10.3. The van der Waals surface area contributed by atoms with E-state index in [1.807, 2.05) is 31.2 Å². The number of hydrogen-bond donors (Lipinski definition) is 0. The van der Waals surface area contributed by atoms with Gasteiger partial charge in [0.1, 0.15) is 6.61 Å². The average molecular weight is 196 g/mol. The molecule has 0 fully saturated rings. The van der Waals surface area contributed by atoms with Crippen molar-refractivity contribution in [3.05, 3.63) is 24.3 Å². The highest BCUT2D eigenvalue weighted by atomic mass is 16.5. The van der Waals surface area contributed by atoms with Gasteiger partial charge in [0, 0.05) is 6.61 Å². The summed E-state index contributed by atoms with van der Waals surface area (Å²) in [5.74, 6) is 1.51. The summed E-state index contributed by atoms with van der Waals surface area (Å²) in [7, 11) is 1.63. The molecule has 3 nitrogen and oxygen atoms in total. The predicted octanol–water partition coefficient (Wildman–Crippen LogP) is 2.11. The van der Waals surface area contributed by atoms with Gasteiger partial charge >= 0.3 is 0 Å². The maximum absolute atomic E-state index is 5.48. The first-order valence-electron chi connectivity index (χ1n) is 4.72. The van der Waals surface area contributed by atoms with E-state index in [4.69, 9.17) is 14.2 Å². The third-order valence-electron chi connectivity index (χ3n) is 1.76. The second-order valence-electron chi connectivity index (χ2n) is 2.70. The molecule has 14 heavy (non-hydrogen) atoms. The molecule has 0 amide bonds. The molecule has 0 unspecified atom stereocenters. The van der Waals surface area contributed by atoms with E-state index in [0.29, 0.717) is 13.2 Å². The maximum Gasteiger partial charge on any atom is 0.161 e. The first kappa shape index (κ1) is 10.9. The predicted molar refractivity (Wildman–Crippen MR) is 55.0 cm³/mol. The maximum atomic E-state index is 5.48. The van der Waals surface area contributed by atoms with Crippen molar-refractivity contribution in [1.29, 1.82) is 0 Å². The van der Waals surface area contributed by atoms with Crippen molar-refractivity contribution >= 4 is 0 Å². The summed E-state index contributed by atoms with van der Waals surface area (Å²) < 4.78 is 15.8. The topological polar surface area (TPSA) is 27.7 Å². The Morgan fingerprint density at radius 1 is 1.07 bits per heavy atom. The minimum Gasteiger partial charge on any atom is -0.493 e. The van der Waals surface area contributed by atoms with Gasteiger partial charge in [-0.25, -0.2) is 0 Å². The first-order valence-corrected chi connectivity index (χ1v) is 4.72. The second kappa shape index (κ2) is 6.27. The Hall–Kier alpha value is -1.22. The van der Waals surface area contributed by atoms with Crippen molar-refractivity contribution < 1.29 is 14.2 Å². The summed E-state index contributed by atoms with van der Waals surface area (Å²) in [6, 6.07) is 7.58. The minimum atomic E-state index is 0.550. The van der Waals surface area contributed by atoms with E-state index < -0.39 is 0 Å². The quantitative estimate of drug-likeness (QED) is 0.652. The number of para-hydroxylation sites is 2. The van der Waals surface area contributed by atoms with Crippen LogP contribution in [0.2, 0.25) is 0 Å². The zero-order valence-electron chi connectivity index (χ0n) is 8.66. The van der Waals surface area contributed by atoms with Gasteiger partial charge in [0.15, 0.2) is 11.5 Å². The Kier molecular flexibility index (Phi) is 4.86. The van der Waals surface area contributed by atoms with Crippen molar-refractivity contribution in [3.63, 3.8) is 0 Å². The molecule has 0 aromatic heterocycles. The fourth-order valence-corrected chi connectivity index (χ4v) is 1.09. The lowest BCUT2D eigenvalue weighted by Crippen LogP contribution is -2.06. The van der Waals surface area contributed by atoms with Crippen molar-refractivity contribution in [3.8, 4) is 11.5 Å². The largest absolute Gasteiger partial charge is 0.493 e. The van der Waals surface area contributed by atoms with Crippen LogP contribution < -0.4 is 9.47 Å². The zero-order valence-corrected chi connectivity index (χ0v) is 8.66.